The van der Waals surface area contributed by atoms with Crippen LogP contribution in [0.25, 0.3) is 0 Å². The van der Waals surface area contributed by atoms with Crippen molar-refractivity contribution in [1.29, 1.82) is 0 Å². The minimum Gasteiger partial charge on any atom is -0.356 e. The molecule has 1 atom stereocenters. The molecule has 41 heavy (non-hydrogen) atoms. The molecule has 2 heterocycles. The monoisotopic (exact) mass is 636 g/mol. The summed E-state index contributed by atoms with van der Waals surface area (Å²) in [5.74, 6) is -0.855. The molecule has 9 nitrogen and oxygen atoms in total. The molecule has 218 valence electrons. The van der Waals surface area contributed by atoms with Gasteiger partial charge in [-0.3, -0.25) is 14.4 Å². The van der Waals surface area contributed by atoms with Crippen LogP contribution in [-0.4, -0.2) is 68.2 Å². The van der Waals surface area contributed by atoms with Crippen LogP contribution in [0.2, 0.25) is 10.0 Å². The maximum atomic E-state index is 13.6. The van der Waals surface area contributed by atoms with E-state index in [1.54, 1.807) is 41.7 Å². The zero-order valence-electron chi connectivity index (χ0n) is 22.1. The first-order valence-electron chi connectivity index (χ1n) is 12.9. The molecule has 13 heteroatoms. The number of amides is 3. The van der Waals surface area contributed by atoms with E-state index in [0.29, 0.717) is 35.9 Å². The summed E-state index contributed by atoms with van der Waals surface area (Å²) in [5.41, 5.74) is 1.62. The van der Waals surface area contributed by atoms with Crippen LogP contribution in [0.5, 0.6) is 0 Å². The van der Waals surface area contributed by atoms with Gasteiger partial charge in [-0.2, -0.15) is 0 Å². The summed E-state index contributed by atoms with van der Waals surface area (Å²) in [5, 5.41) is 10.9. The smallest absolute Gasteiger partial charge is 0.246 e. The van der Waals surface area contributed by atoms with Crippen LogP contribution in [0.15, 0.2) is 64.9 Å². The number of hydrogen-bond acceptors (Lipinski definition) is 6. The van der Waals surface area contributed by atoms with Crippen molar-refractivity contribution in [3.05, 3.63) is 86.0 Å². The zero-order chi connectivity index (χ0) is 29.6. The highest BCUT2D eigenvalue weighted by Gasteiger charge is 2.40. The van der Waals surface area contributed by atoms with Crippen LogP contribution in [0.1, 0.15) is 22.4 Å². The third-order valence-electron chi connectivity index (χ3n) is 6.83. The Morgan fingerprint density at radius 3 is 2.44 bits per heavy atom. The first-order chi connectivity index (χ1) is 19.5. The standard InChI is InChI=1S/C28H30Cl2N4O5S2/c29-21-6-5-20(24(30)16-21)10-13-33-18-27(36)34(14-11-22-2-1-15-40-22)25(28(33)37)17-26(35)32-12-9-19-3-7-23(8-4-19)41(31,38)39/h1-8,15-16,25H,9-14,17-18H2,(H,32,35)(H2,31,38,39). The van der Waals surface area contributed by atoms with Gasteiger partial charge in [0, 0.05) is 34.6 Å². The van der Waals surface area contributed by atoms with Crippen molar-refractivity contribution >= 4 is 62.3 Å². The maximum Gasteiger partial charge on any atom is 0.246 e. The predicted molar refractivity (Wildman–Crippen MR) is 159 cm³/mol. The van der Waals surface area contributed by atoms with Crippen LogP contribution in [0.3, 0.4) is 0 Å². The van der Waals surface area contributed by atoms with E-state index in [1.807, 2.05) is 17.5 Å². The largest absolute Gasteiger partial charge is 0.356 e. The molecule has 3 N–H and O–H groups in total. The fourth-order valence-corrected chi connectivity index (χ4v) is 6.34. The van der Waals surface area contributed by atoms with Crippen LogP contribution in [0.4, 0.5) is 0 Å². The fourth-order valence-electron chi connectivity index (χ4n) is 4.62. The predicted octanol–water partition coefficient (Wildman–Crippen LogP) is 3.28. The lowest BCUT2D eigenvalue weighted by atomic mass is 10.0. The number of nitrogens with two attached hydrogens (primary N) is 1. The van der Waals surface area contributed by atoms with E-state index in [1.165, 1.54) is 21.9 Å². The molecule has 1 fully saturated rings. The quantitative estimate of drug-likeness (QED) is 0.315. The number of nitrogens with one attached hydrogen (secondary N) is 1. The number of carbonyl (C=O) groups excluding carboxylic acids is 3. The zero-order valence-corrected chi connectivity index (χ0v) is 25.2. The van der Waals surface area contributed by atoms with Gasteiger partial charge in [0.1, 0.15) is 6.04 Å². The summed E-state index contributed by atoms with van der Waals surface area (Å²) in [6, 6.07) is 14.2. The van der Waals surface area contributed by atoms with Crippen LogP contribution in [-0.2, 0) is 43.7 Å². The molecule has 0 radical (unpaired) electrons. The van der Waals surface area contributed by atoms with E-state index in [9.17, 15) is 22.8 Å². The number of primary sulfonamides is 1. The lowest BCUT2D eigenvalue weighted by molar-refractivity contribution is -0.157. The van der Waals surface area contributed by atoms with Gasteiger partial charge in [-0.15, -0.1) is 11.3 Å². The van der Waals surface area contributed by atoms with Gasteiger partial charge in [-0.05, 0) is 66.1 Å². The Hall–Kier alpha value is -2.96. The maximum absolute atomic E-state index is 13.6. The van der Waals surface area contributed by atoms with E-state index in [-0.39, 0.29) is 48.7 Å². The summed E-state index contributed by atoms with van der Waals surface area (Å²) in [4.78, 5) is 43.8. The lowest BCUT2D eigenvalue weighted by Crippen LogP contribution is -2.61. The number of halogens is 2. The van der Waals surface area contributed by atoms with Crippen LogP contribution >= 0.6 is 34.5 Å². The molecule has 3 aromatic rings. The molecule has 1 aromatic heterocycles. The lowest BCUT2D eigenvalue weighted by Gasteiger charge is -2.40. The van der Waals surface area contributed by atoms with Gasteiger partial charge < -0.3 is 15.1 Å². The molecule has 3 amide bonds. The molecule has 1 aliphatic heterocycles. The van der Waals surface area contributed by atoms with Crippen molar-refractivity contribution < 1.29 is 22.8 Å². The molecule has 2 aromatic carbocycles. The van der Waals surface area contributed by atoms with Gasteiger partial charge in [-0.1, -0.05) is 47.5 Å². The first-order valence-corrected chi connectivity index (χ1v) is 16.1. The number of thiophene rings is 1. The highest BCUT2D eigenvalue weighted by Crippen LogP contribution is 2.23. The average Bonchev–Trinajstić information content (AvgIpc) is 3.44. The van der Waals surface area contributed by atoms with Gasteiger partial charge in [0.15, 0.2) is 0 Å². The molecule has 1 unspecified atom stereocenters. The van der Waals surface area contributed by atoms with Gasteiger partial charge in [0.05, 0.1) is 17.9 Å². The molecule has 0 spiro atoms. The molecular weight excluding hydrogens is 607 g/mol. The Bertz CT molecular complexity index is 1500. The second kappa shape index (κ2) is 13.8. The summed E-state index contributed by atoms with van der Waals surface area (Å²) in [6.45, 7) is 0.811. The third kappa shape index (κ3) is 8.52. The minimum absolute atomic E-state index is 0.0105. The number of sulfonamides is 1. The molecule has 0 aliphatic carbocycles. The summed E-state index contributed by atoms with van der Waals surface area (Å²) < 4.78 is 22.9. The van der Waals surface area contributed by atoms with Crippen molar-refractivity contribution in [3.8, 4) is 0 Å². The third-order valence-corrected chi connectivity index (χ3v) is 9.28. The Morgan fingerprint density at radius 1 is 1.02 bits per heavy atom. The molecule has 4 rings (SSSR count). The Kier molecular flexibility index (Phi) is 10.4. The Balaban J connectivity index is 1.40. The molecule has 0 bridgehead atoms. The SMILES string of the molecule is NS(=O)(=O)c1ccc(CCNC(=O)CC2C(=O)N(CCc3ccc(Cl)cc3Cl)CC(=O)N2CCc2cccs2)cc1. The molecule has 0 saturated carbocycles. The van der Waals surface area contributed by atoms with E-state index < -0.39 is 16.1 Å². The number of hydrogen-bond donors (Lipinski definition) is 2. The second-order valence-electron chi connectivity index (χ2n) is 9.67. The normalized spacial score (nSPS) is 15.8. The van der Waals surface area contributed by atoms with Crippen molar-refractivity contribution in [1.82, 2.24) is 15.1 Å². The number of benzene rings is 2. The van der Waals surface area contributed by atoms with E-state index in [2.05, 4.69) is 5.32 Å². The average molecular weight is 638 g/mol. The summed E-state index contributed by atoms with van der Waals surface area (Å²) in [6.07, 6.45) is 1.30. The Morgan fingerprint density at radius 2 is 1.78 bits per heavy atom. The summed E-state index contributed by atoms with van der Waals surface area (Å²) in [7, 11) is -3.78. The van der Waals surface area contributed by atoms with Gasteiger partial charge in [0.2, 0.25) is 27.7 Å². The van der Waals surface area contributed by atoms with Gasteiger partial charge in [0.25, 0.3) is 0 Å². The van der Waals surface area contributed by atoms with E-state index >= 15 is 0 Å². The van der Waals surface area contributed by atoms with Crippen LogP contribution in [0, 0.1) is 0 Å². The highest BCUT2D eigenvalue weighted by atomic mass is 35.5. The highest BCUT2D eigenvalue weighted by molar-refractivity contribution is 7.89. The van der Waals surface area contributed by atoms with E-state index in [4.69, 9.17) is 28.3 Å². The number of nitrogens with zero attached hydrogens (tertiary/aromatic N) is 2. The van der Waals surface area contributed by atoms with Crippen molar-refractivity contribution in [2.24, 2.45) is 5.14 Å². The van der Waals surface area contributed by atoms with E-state index in [0.717, 1.165) is 16.0 Å². The van der Waals surface area contributed by atoms with Crippen LogP contribution < -0.4 is 10.5 Å². The molecule has 1 aliphatic rings. The Labute approximate surface area is 253 Å². The minimum atomic E-state index is -3.78. The fraction of sp³-hybridized carbons (Fsp3) is 0.321. The van der Waals surface area contributed by atoms with Gasteiger partial charge in [-0.25, -0.2) is 13.6 Å². The molecule has 1 saturated heterocycles. The number of rotatable bonds is 12. The first kappa shape index (κ1) is 31.0. The second-order valence-corrected chi connectivity index (χ2v) is 13.1. The van der Waals surface area contributed by atoms with Crippen molar-refractivity contribution in [3.63, 3.8) is 0 Å². The topological polar surface area (TPSA) is 130 Å². The van der Waals surface area contributed by atoms with Gasteiger partial charge >= 0.3 is 0 Å². The summed E-state index contributed by atoms with van der Waals surface area (Å²) >= 11 is 13.9. The van der Waals surface area contributed by atoms with Crippen molar-refractivity contribution in [2.75, 3.05) is 26.2 Å². The number of carbonyl (C=O) groups is 3. The number of piperazine rings is 1. The molecular formula is C28H30Cl2N4O5S2. The van der Waals surface area contributed by atoms with Crippen molar-refractivity contribution in [2.45, 2.75) is 36.6 Å².